The monoisotopic (exact) mass is 463 g/mol. The molecule has 2 atom stereocenters. The van der Waals surface area contributed by atoms with Gasteiger partial charge in [0, 0.05) is 19.4 Å². The lowest BCUT2D eigenvalue weighted by molar-refractivity contribution is -0.143. The largest absolute Gasteiger partial charge is 0.481 e. The van der Waals surface area contributed by atoms with Crippen LogP contribution in [0.2, 0.25) is 0 Å². The number of hydrogen-bond donors (Lipinski definition) is 7. The van der Waals surface area contributed by atoms with Gasteiger partial charge in [-0.15, -0.1) is 0 Å². The van der Waals surface area contributed by atoms with Crippen LogP contribution < -0.4 is 21.7 Å². The molecule has 0 saturated carbocycles. The molecule has 182 valence electrons. The van der Waals surface area contributed by atoms with Crippen LogP contribution in [0, 0.1) is 5.41 Å². The van der Waals surface area contributed by atoms with Crippen molar-refractivity contribution in [3.8, 4) is 0 Å². The third-order valence-corrected chi connectivity index (χ3v) is 4.82. The van der Waals surface area contributed by atoms with Gasteiger partial charge >= 0.3 is 11.9 Å². The number of amides is 2. The number of rotatable bonds is 16. The summed E-state index contributed by atoms with van der Waals surface area (Å²) in [6.07, 6.45) is 3.48. The smallest absolute Gasteiger partial charge is 0.326 e. The summed E-state index contributed by atoms with van der Waals surface area (Å²) >= 11 is 0. The molecule has 0 aromatic heterocycles. The standard InChI is InChI=1S/C22H33N5O6/c23-22(24)25-12-8-3-1-2-7-11-18(28)26-16(14-19(29)30)20(31)27-17(21(32)33)13-15-9-5-4-6-10-15/h4-6,9-10,16-17H,1-3,7-8,11-14H2,(H,26,28)(H,27,31)(H,29,30)(H,32,33)(H4,23,24,25)/t16-,17-/m0/s1. The number of nitrogens with one attached hydrogen (secondary N) is 4. The summed E-state index contributed by atoms with van der Waals surface area (Å²) < 4.78 is 0. The van der Waals surface area contributed by atoms with E-state index in [0.717, 1.165) is 25.7 Å². The molecule has 0 fully saturated rings. The number of nitrogens with two attached hydrogens (primary N) is 1. The molecule has 1 aromatic rings. The first-order chi connectivity index (χ1) is 15.7. The molecule has 11 heteroatoms. The minimum Gasteiger partial charge on any atom is -0.481 e. The van der Waals surface area contributed by atoms with E-state index in [9.17, 15) is 24.3 Å². The van der Waals surface area contributed by atoms with Crippen molar-refractivity contribution in [2.45, 2.75) is 63.5 Å². The average Bonchev–Trinajstić information content (AvgIpc) is 2.74. The van der Waals surface area contributed by atoms with Crippen LogP contribution in [0.15, 0.2) is 30.3 Å². The van der Waals surface area contributed by atoms with Gasteiger partial charge in [0.1, 0.15) is 12.1 Å². The molecule has 0 aliphatic carbocycles. The molecule has 0 unspecified atom stereocenters. The van der Waals surface area contributed by atoms with E-state index in [1.165, 1.54) is 0 Å². The molecular formula is C22H33N5O6. The zero-order valence-electron chi connectivity index (χ0n) is 18.5. The first kappa shape index (κ1) is 27.4. The third-order valence-electron chi connectivity index (χ3n) is 4.82. The molecule has 0 saturated heterocycles. The summed E-state index contributed by atoms with van der Waals surface area (Å²) in [7, 11) is 0. The molecule has 0 aliphatic heterocycles. The fourth-order valence-electron chi connectivity index (χ4n) is 3.14. The second kappa shape index (κ2) is 15.2. The van der Waals surface area contributed by atoms with Gasteiger partial charge < -0.3 is 31.9 Å². The van der Waals surface area contributed by atoms with Crippen molar-refractivity contribution in [2.75, 3.05) is 6.54 Å². The number of aliphatic carboxylic acids is 2. The van der Waals surface area contributed by atoms with E-state index in [0.29, 0.717) is 18.5 Å². The number of carboxylic acids is 2. The van der Waals surface area contributed by atoms with Crippen LogP contribution in [0.5, 0.6) is 0 Å². The highest BCUT2D eigenvalue weighted by Crippen LogP contribution is 2.07. The predicted molar refractivity (Wildman–Crippen MR) is 122 cm³/mol. The minimum atomic E-state index is -1.37. The average molecular weight is 464 g/mol. The van der Waals surface area contributed by atoms with Crippen molar-refractivity contribution in [3.05, 3.63) is 35.9 Å². The first-order valence-corrected chi connectivity index (χ1v) is 10.8. The van der Waals surface area contributed by atoms with Gasteiger partial charge in [-0.05, 0) is 18.4 Å². The van der Waals surface area contributed by atoms with Gasteiger partial charge in [-0.2, -0.15) is 0 Å². The van der Waals surface area contributed by atoms with Crippen molar-refractivity contribution in [2.24, 2.45) is 5.73 Å². The lowest BCUT2D eigenvalue weighted by Gasteiger charge is -2.20. The highest BCUT2D eigenvalue weighted by atomic mass is 16.4. The maximum absolute atomic E-state index is 12.6. The Morgan fingerprint density at radius 3 is 2.15 bits per heavy atom. The fraction of sp³-hybridized carbons (Fsp3) is 0.500. The molecule has 0 bridgehead atoms. The normalized spacial score (nSPS) is 12.2. The van der Waals surface area contributed by atoms with Crippen LogP contribution in [0.4, 0.5) is 0 Å². The fourth-order valence-corrected chi connectivity index (χ4v) is 3.14. The number of carboxylic acid groups (broad SMARTS) is 2. The van der Waals surface area contributed by atoms with E-state index in [-0.39, 0.29) is 18.8 Å². The molecule has 11 nitrogen and oxygen atoms in total. The van der Waals surface area contributed by atoms with E-state index in [1.54, 1.807) is 30.3 Å². The molecule has 0 radical (unpaired) electrons. The Labute approximate surface area is 192 Å². The molecule has 0 spiro atoms. The number of hydrogen-bond acceptors (Lipinski definition) is 5. The summed E-state index contributed by atoms with van der Waals surface area (Å²) in [5, 5.41) is 33.0. The Bertz CT molecular complexity index is 802. The van der Waals surface area contributed by atoms with E-state index >= 15 is 0 Å². The number of carbonyl (C=O) groups is 4. The minimum absolute atomic E-state index is 0.0254. The van der Waals surface area contributed by atoms with Gasteiger partial charge in [0.2, 0.25) is 11.8 Å². The van der Waals surface area contributed by atoms with E-state index in [4.69, 9.17) is 16.2 Å². The van der Waals surface area contributed by atoms with Gasteiger partial charge in [0.15, 0.2) is 5.96 Å². The van der Waals surface area contributed by atoms with E-state index < -0.39 is 42.3 Å². The van der Waals surface area contributed by atoms with Gasteiger partial charge in [-0.1, -0.05) is 49.6 Å². The summed E-state index contributed by atoms with van der Waals surface area (Å²) in [6, 6.07) is 6.08. The van der Waals surface area contributed by atoms with Crippen molar-refractivity contribution in [1.29, 1.82) is 5.41 Å². The second-order valence-electron chi connectivity index (χ2n) is 7.67. The number of guanidine groups is 1. The van der Waals surface area contributed by atoms with Crippen LogP contribution in [0.3, 0.4) is 0 Å². The first-order valence-electron chi connectivity index (χ1n) is 10.8. The topological polar surface area (TPSA) is 195 Å². The molecule has 33 heavy (non-hydrogen) atoms. The second-order valence-corrected chi connectivity index (χ2v) is 7.67. The summed E-state index contributed by atoms with van der Waals surface area (Å²) in [5.74, 6) is -3.94. The SMILES string of the molecule is N=C(N)NCCCCCCCC(=O)N[C@@H](CC(=O)O)C(=O)N[C@@H](Cc1ccccc1)C(=O)O. The lowest BCUT2D eigenvalue weighted by atomic mass is 10.0. The molecule has 1 rings (SSSR count). The number of benzene rings is 1. The highest BCUT2D eigenvalue weighted by Gasteiger charge is 2.28. The Morgan fingerprint density at radius 2 is 1.55 bits per heavy atom. The zero-order valence-corrected chi connectivity index (χ0v) is 18.5. The van der Waals surface area contributed by atoms with Gasteiger partial charge in [0.05, 0.1) is 6.42 Å². The van der Waals surface area contributed by atoms with E-state index in [1.807, 2.05) is 0 Å². The Morgan fingerprint density at radius 1 is 0.909 bits per heavy atom. The maximum Gasteiger partial charge on any atom is 0.326 e. The van der Waals surface area contributed by atoms with Crippen LogP contribution in [-0.2, 0) is 25.6 Å². The van der Waals surface area contributed by atoms with Crippen LogP contribution >= 0.6 is 0 Å². The molecule has 8 N–H and O–H groups in total. The van der Waals surface area contributed by atoms with Crippen molar-refractivity contribution in [1.82, 2.24) is 16.0 Å². The third kappa shape index (κ3) is 12.7. The van der Waals surface area contributed by atoms with Crippen LogP contribution in [0.1, 0.15) is 50.5 Å². The summed E-state index contributed by atoms with van der Waals surface area (Å²) in [6.45, 7) is 0.614. The highest BCUT2D eigenvalue weighted by molar-refractivity contribution is 5.92. The molecular weight excluding hydrogens is 430 g/mol. The maximum atomic E-state index is 12.6. The predicted octanol–water partition coefficient (Wildman–Crippen LogP) is 0.582. The van der Waals surface area contributed by atoms with Gasteiger partial charge in [-0.25, -0.2) is 4.79 Å². The van der Waals surface area contributed by atoms with Crippen molar-refractivity contribution in [3.63, 3.8) is 0 Å². The van der Waals surface area contributed by atoms with Crippen LogP contribution in [0.25, 0.3) is 0 Å². The summed E-state index contributed by atoms with van der Waals surface area (Å²) in [4.78, 5) is 47.5. The Hall–Kier alpha value is -3.63. The number of carbonyl (C=O) groups excluding carboxylic acids is 2. The quantitative estimate of drug-likeness (QED) is 0.105. The van der Waals surface area contributed by atoms with Gasteiger partial charge in [-0.3, -0.25) is 19.8 Å². The molecule has 0 heterocycles. The molecule has 0 aliphatic rings. The van der Waals surface area contributed by atoms with Crippen LogP contribution in [-0.4, -0.2) is 58.6 Å². The van der Waals surface area contributed by atoms with E-state index in [2.05, 4.69) is 16.0 Å². The Balaban J connectivity index is 2.50. The zero-order chi connectivity index (χ0) is 24.6. The van der Waals surface area contributed by atoms with Crippen molar-refractivity contribution < 1.29 is 29.4 Å². The van der Waals surface area contributed by atoms with Gasteiger partial charge in [0.25, 0.3) is 0 Å². The number of unbranched alkanes of at least 4 members (excludes halogenated alkanes) is 4. The summed E-state index contributed by atoms with van der Waals surface area (Å²) in [5.41, 5.74) is 5.88. The molecule has 1 aromatic carbocycles. The Kier molecular flexibility index (Phi) is 12.6. The van der Waals surface area contributed by atoms with Crippen molar-refractivity contribution >= 4 is 29.7 Å². The molecule has 2 amide bonds. The lowest BCUT2D eigenvalue weighted by Crippen LogP contribution is -2.52.